The van der Waals surface area contributed by atoms with E-state index in [9.17, 15) is 9.59 Å². The molecule has 0 bridgehead atoms. The molecule has 0 amide bonds. The molecular weight excluding hydrogens is 520 g/mol. The molecule has 3 aromatic carbocycles. The number of aromatic nitrogens is 1. The SMILES string of the molecule is CCCn1c2ccc(C(=O)c3ccccc3C)cc2c2c3c(ccc21)/C(=N/OC(=O)C1(C)COC(C)(C)OC1)CO3. The number of hydrogen-bond acceptors (Lipinski definition) is 7. The van der Waals surface area contributed by atoms with Gasteiger partial charge >= 0.3 is 5.97 Å². The fraction of sp³-hybridized carbons (Fsp3) is 0.364. The van der Waals surface area contributed by atoms with Gasteiger partial charge in [0.1, 0.15) is 23.5 Å². The molecule has 212 valence electrons. The van der Waals surface area contributed by atoms with Crippen molar-refractivity contribution in [1.82, 2.24) is 4.57 Å². The molecule has 41 heavy (non-hydrogen) atoms. The number of carbonyl (C=O) groups excluding carboxylic acids is 2. The average molecular weight is 555 g/mol. The molecule has 1 fully saturated rings. The molecule has 0 N–H and O–H groups in total. The van der Waals surface area contributed by atoms with Crippen LogP contribution in [-0.2, 0) is 25.7 Å². The summed E-state index contributed by atoms with van der Waals surface area (Å²) in [5.41, 5.74) is 4.63. The van der Waals surface area contributed by atoms with Crippen molar-refractivity contribution >= 4 is 39.3 Å². The third-order valence-corrected chi connectivity index (χ3v) is 7.95. The molecule has 6 rings (SSSR count). The first kappa shape index (κ1) is 27.2. The number of carbonyl (C=O) groups is 2. The third-order valence-electron chi connectivity index (χ3n) is 7.95. The molecular formula is C33H34N2O6. The van der Waals surface area contributed by atoms with Crippen LogP contribution in [0.5, 0.6) is 5.75 Å². The zero-order valence-corrected chi connectivity index (χ0v) is 24.1. The molecule has 0 atom stereocenters. The van der Waals surface area contributed by atoms with Gasteiger partial charge in [-0.25, -0.2) is 4.79 Å². The smallest absolute Gasteiger partial charge is 0.345 e. The number of aryl methyl sites for hydroxylation is 2. The summed E-state index contributed by atoms with van der Waals surface area (Å²) in [6, 6.07) is 17.5. The van der Waals surface area contributed by atoms with Crippen LogP contribution in [0.1, 0.15) is 61.2 Å². The maximum Gasteiger partial charge on any atom is 0.345 e. The Balaban J connectivity index is 1.38. The Bertz CT molecular complexity index is 1720. The molecule has 2 aliphatic heterocycles. The summed E-state index contributed by atoms with van der Waals surface area (Å²) in [6.45, 7) is 10.8. The first-order chi connectivity index (χ1) is 19.6. The van der Waals surface area contributed by atoms with E-state index in [0.717, 1.165) is 45.9 Å². The predicted octanol–water partition coefficient (Wildman–Crippen LogP) is 6.17. The highest BCUT2D eigenvalue weighted by Gasteiger charge is 2.44. The van der Waals surface area contributed by atoms with Gasteiger partial charge in [0, 0.05) is 34.1 Å². The summed E-state index contributed by atoms with van der Waals surface area (Å²) >= 11 is 0. The van der Waals surface area contributed by atoms with Crippen LogP contribution in [0, 0.1) is 12.3 Å². The van der Waals surface area contributed by atoms with Gasteiger partial charge in [-0.2, -0.15) is 0 Å². The minimum Gasteiger partial charge on any atom is -0.486 e. The minimum atomic E-state index is -0.959. The van der Waals surface area contributed by atoms with Crippen LogP contribution < -0.4 is 4.74 Å². The summed E-state index contributed by atoms with van der Waals surface area (Å²) < 4.78 is 19.8. The molecule has 1 aromatic heterocycles. The maximum absolute atomic E-state index is 13.5. The third kappa shape index (κ3) is 4.71. The predicted molar refractivity (Wildman–Crippen MR) is 157 cm³/mol. The van der Waals surface area contributed by atoms with Gasteiger partial charge in [0.15, 0.2) is 11.6 Å². The lowest BCUT2D eigenvalue weighted by Gasteiger charge is -2.39. The van der Waals surface area contributed by atoms with E-state index in [1.807, 2.05) is 75.4 Å². The molecule has 0 aliphatic carbocycles. The second-order valence-electron chi connectivity index (χ2n) is 11.6. The van der Waals surface area contributed by atoms with Crippen molar-refractivity contribution in [2.75, 3.05) is 19.8 Å². The Hall–Kier alpha value is -4.01. The molecule has 0 radical (unpaired) electrons. The highest BCUT2D eigenvalue weighted by Crippen LogP contribution is 2.41. The van der Waals surface area contributed by atoms with E-state index >= 15 is 0 Å². The van der Waals surface area contributed by atoms with Crippen molar-refractivity contribution in [3.8, 4) is 5.75 Å². The standard InChI is InChI=1S/C33H34N2O6/c1-6-15-35-26-13-11-21(29(36)22-10-8-7-9-20(22)2)16-24(26)28-27(35)14-12-23-25(17-38-30(23)28)34-41-31(37)33(5)18-39-32(3,4)40-19-33/h7-14,16H,6,15,17-19H2,1-5H3/b34-25+. The molecule has 1 saturated heterocycles. The Morgan fingerprint density at radius 2 is 1.73 bits per heavy atom. The summed E-state index contributed by atoms with van der Waals surface area (Å²) in [6.07, 6.45) is 0.951. The first-order valence-electron chi connectivity index (χ1n) is 14.0. The van der Waals surface area contributed by atoms with Crippen LogP contribution in [-0.4, -0.2) is 47.6 Å². The highest BCUT2D eigenvalue weighted by atomic mass is 16.7. The van der Waals surface area contributed by atoms with Gasteiger partial charge in [0.2, 0.25) is 0 Å². The van der Waals surface area contributed by atoms with Crippen LogP contribution in [0.4, 0.5) is 0 Å². The summed E-state index contributed by atoms with van der Waals surface area (Å²) in [4.78, 5) is 31.8. The van der Waals surface area contributed by atoms with Crippen LogP contribution in [0.15, 0.2) is 59.8 Å². The molecule has 0 spiro atoms. The fourth-order valence-electron chi connectivity index (χ4n) is 5.49. The number of nitrogens with zero attached hydrogens (tertiary/aromatic N) is 2. The van der Waals surface area contributed by atoms with Gasteiger partial charge in [-0.15, -0.1) is 0 Å². The van der Waals surface area contributed by atoms with Crippen LogP contribution in [0.25, 0.3) is 21.8 Å². The van der Waals surface area contributed by atoms with Gasteiger partial charge in [0.05, 0.1) is 24.1 Å². The highest BCUT2D eigenvalue weighted by molar-refractivity contribution is 6.20. The van der Waals surface area contributed by atoms with Crippen LogP contribution in [0.2, 0.25) is 0 Å². The quantitative estimate of drug-likeness (QED) is 0.161. The van der Waals surface area contributed by atoms with Gasteiger partial charge in [-0.05, 0) is 70.0 Å². The Morgan fingerprint density at radius 1 is 1.00 bits per heavy atom. The summed E-state index contributed by atoms with van der Waals surface area (Å²) in [5.74, 6) is -0.600. The van der Waals surface area contributed by atoms with Crippen molar-refractivity contribution in [2.45, 2.75) is 53.4 Å². The Morgan fingerprint density at radius 3 is 2.46 bits per heavy atom. The second kappa shape index (κ2) is 10.1. The zero-order chi connectivity index (χ0) is 28.9. The van der Waals surface area contributed by atoms with E-state index in [0.29, 0.717) is 22.6 Å². The number of fused-ring (bicyclic) bond motifs is 5. The number of benzene rings is 3. The van der Waals surface area contributed by atoms with Crippen molar-refractivity contribution in [1.29, 1.82) is 0 Å². The topological polar surface area (TPSA) is 88.4 Å². The van der Waals surface area contributed by atoms with E-state index in [4.69, 9.17) is 19.0 Å². The summed E-state index contributed by atoms with van der Waals surface area (Å²) in [7, 11) is 0. The lowest BCUT2D eigenvalue weighted by molar-refractivity contribution is -0.281. The van der Waals surface area contributed by atoms with Crippen LogP contribution >= 0.6 is 0 Å². The average Bonchev–Trinajstić information content (AvgIpc) is 3.52. The van der Waals surface area contributed by atoms with E-state index in [1.165, 1.54) is 0 Å². The molecule has 4 aromatic rings. The molecule has 3 heterocycles. The Labute approximate surface area is 238 Å². The van der Waals surface area contributed by atoms with Gasteiger partial charge in [-0.1, -0.05) is 36.3 Å². The van der Waals surface area contributed by atoms with E-state index in [-0.39, 0.29) is 25.6 Å². The fourth-order valence-corrected chi connectivity index (χ4v) is 5.49. The molecule has 0 unspecified atom stereocenters. The monoisotopic (exact) mass is 554 g/mol. The number of oxime groups is 1. The maximum atomic E-state index is 13.5. The lowest BCUT2D eigenvalue weighted by atomic mass is 9.92. The van der Waals surface area contributed by atoms with Crippen molar-refractivity contribution in [2.24, 2.45) is 10.6 Å². The number of ketones is 1. The number of hydrogen-bond donors (Lipinski definition) is 0. The minimum absolute atomic E-state index is 0.0170. The largest absolute Gasteiger partial charge is 0.486 e. The molecule has 2 aliphatic rings. The van der Waals surface area contributed by atoms with Crippen LogP contribution in [0.3, 0.4) is 0 Å². The van der Waals surface area contributed by atoms with E-state index in [2.05, 4.69) is 16.6 Å². The van der Waals surface area contributed by atoms with Gasteiger partial charge in [0.25, 0.3) is 0 Å². The number of ether oxygens (including phenoxy) is 3. The van der Waals surface area contributed by atoms with Crippen molar-refractivity contribution in [3.05, 3.63) is 76.9 Å². The normalized spacial score (nSPS) is 18.4. The lowest BCUT2D eigenvalue weighted by Crippen LogP contribution is -2.49. The van der Waals surface area contributed by atoms with Gasteiger partial charge < -0.3 is 23.6 Å². The molecule has 8 heteroatoms. The first-order valence-corrected chi connectivity index (χ1v) is 14.0. The molecule has 8 nitrogen and oxygen atoms in total. The van der Waals surface area contributed by atoms with E-state index < -0.39 is 17.2 Å². The van der Waals surface area contributed by atoms with E-state index in [1.54, 1.807) is 6.92 Å². The number of rotatable bonds is 6. The van der Waals surface area contributed by atoms with Gasteiger partial charge in [-0.3, -0.25) is 4.79 Å². The zero-order valence-electron chi connectivity index (χ0n) is 24.1. The summed E-state index contributed by atoms with van der Waals surface area (Å²) in [5, 5.41) is 6.08. The molecule has 0 saturated carbocycles. The Kier molecular flexibility index (Phi) is 6.71. The second-order valence-corrected chi connectivity index (χ2v) is 11.6. The van der Waals surface area contributed by atoms with Crippen molar-refractivity contribution in [3.63, 3.8) is 0 Å². The van der Waals surface area contributed by atoms with Crippen molar-refractivity contribution < 1.29 is 28.6 Å².